The number of halogens is 1. The fraction of sp³-hybridized carbons (Fsp3) is 0.385. The third-order valence-corrected chi connectivity index (χ3v) is 5.95. The van der Waals surface area contributed by atoms with E-state index in [9.17, 15) is 9.90 Å². The molecular formula is C13H14BrNO2S2. The highest BCUT2D eigenvalue weighted by Crippen LogP contribution is 2.39. The number of thiazole rings is 1. The van der Waals surface area contributed by atoms with Crippen LogP contribution in [0.15, 0.2) is 10.5 Å². The summed E-state index contributed by atoms with van der Waals surface area (Å²) < 4.78 is 1.04. The lowest BCUT2D eigenvalue weighted by atomic mass is 9.91. The van der Waals surface area contributed by atoms with Crippen molar-refractivity contribution in [3.8, 4) is 9.88 Å². The van der Waals surface area contributed by atoms with E-state index in [2.05, 4.69) is 20.9 Å². The number of carbonyl (C=O) groups is 1. The molecule has 2 aromatic heterocycles. The Morgan fingerprint density at radius 1 is 1.37 bits per heavy atom. The van der Waals surface area contributed by atoms with Crippen LogP contribution in [0.4, 0.5) is 0 Å². The Bertz CT molecular complexity index is 618. The van der Waals surface area contributed by atoms with Crippen LogP contribution in [-0.4, -0.2) is 16.1 Å². The number of rotatable bonds is 2. The van der Waals surface area contributed by atoms with E-state index in [0.29, 0.717) is 10.6 Å². The van der Waals surface area contributed by atoms with Gasteiger partial charge < -0.3 is 5.11 Å². The van der Waals surface area contributed by atoms with Gasteiger partial charge in [-0.2, -0.15) is 0 Å². The van der Waals surface area contributed by atoms with E-state index >= 15 is 0 Å². The first-order valence-corrected chi connectivity index (χ1v) is 8.13. The molecular weight excluding hydrogens is 346 g/mol. The van der Waals surface area contributed by atoms with E-state index in [1.165, 1.54) is 16.2 Å². The Morgan fingerprint density at radius 3 is 2.37 bits per heavy atom. The zero-order chi connectivity index (χ0) is 14.4. The highest BCUT2D eigenvalue weighted by Gasteiger charge is 2.27. The van der Waals surface area contributed by atoms with Gasteiger partial charge >= 0.3 is 5.97 Å². The number of carboxylic acid groups (broad SMARTS) is 1. The molecule has 0 atom stereocenters. The first kappa shape index (κ1) is 14.7. The summed E-state index contributed by atoms with van der Waals surface area (Å²) in [6, 6.07) is 2.00. The summed E-state index contributed by atoms with van der Waals surface area (Å²) in [4.78, 5) is 18.4. The van der Waals surface area contributed by atoms with Gasteiger partial charge in [-0.25, -0.2) is 9.78 Å². The lowest BCUT2D eigenvalue weighted by Gasteiger charge is -2.15. The summed E-state index contributed by atoms with van der Waals surface area (Å²) in [6.45, 7) is 7.96. The van der Waals surface area contributed by atoms with Crippen molar-refractivity contribution in [1.82, 2.24) is 4.98 Å². The third kappa shape index (κ3) is 2.90. The smallest absolute Gasteiger partial charge is 0.347 e. The van der Waals surface area contributed by atoms with Crippen molar-refractivity contribution in [2.45, 2.75) is 33.1 Å². The van der Waals surface area contributed by atoms with Crippen molar-refractivity contribution in [3.63, 3.8) is 0 Å². The molecule has 19 heavy (non-hydrogen) atoms. The van der Waals surface area contributed by atoms with Gasteiger partial charge in [0.1, 0.15) is 9.88 Å². The first-order valence-electron chi connectivity index (χ1n) is 5.71. The standard InChI is InChI=1S/C13H14BrNO2S2/c1-6-7(14)5-8(18-6)11-15-10(13(2,3)4)9(19-11)12(16)17/h5H,1-4H3,(H,16,17). The average Bonchev–Trinajstić information content (AvgIpc) is 2.82. The monoisotopic (exact) mass is 359 g/mol. The molecule has 2 heterocycles. The predicted molar refractivity (Wildman–Crippen MR) is 83.5 cm³/mol. The van der Waals surface area contributed by atoms with Crippen molar-refractivity contribution >= 4 is 44.6 Å². The number of aromatic carboxylic acids is 1. The highest BCUT2D eigenvalue weighted by molar-refractivity contribution is 9.10. The molecule has 0 aliphatic carbocycles. The molecule has 0 fully saturated rings. The molecule has 6 heteroatoms. The van der Waals surface area contributed by atoms with Gasteiger partial charge in [0.25, 0.3) is 0 Å². The number of hydrogen-bond acceptors (Lipinski definition) is 4. The van der Waals surface area contributed by atoms with Crippen molar-refractivity contribution < 1.29 is 9.90 Å². The Hall–Kier alpha value is -0.720. The molecule has 0 amide bonds. The molecule has 0 aromatic carbocycles. The molecule has 0 aliphatic heterocycles. The SMILES string of the molecule is Cc1sc(-c2nc(C(C)(C)C)c(C(=O)O)s2)cc1Br. The maximum Gasteiger partial charge on any atom is 0.347 e. The van der Waals surface area contributed by atoms with Gasteiger partial charge in [-0.15, -0.1) is 22.7 Å². The second-order valence-corrected chi connectivity index (χ2v) is 8.38. The van der Waals surface area contributed by atoms with Gasteiger partial charge in [-0.1, -0.05) is 20.8 Å². The second kappa shape index (κ2) is 5.00. The van der Waals surface area contributed by atoms with Crippen LogP contribution in [0.3, 0.4) is 0 Å². The van der Waals surface area contributed by atoms with E-state index in [1.807, 2.05) is 33.8 Å². The van der Waals surface area contributed by atoms with Crippen LogP contribution >= 0.6 is 38.6 Å². The van der Waals surface area contributed by atoms with Gasteiger partial charge in [0.15, 0.2) is 0 Å². The average molecular weight is 360 g/mol. The molecule has 0 unspecified atom stereocenters. The molecule has 0 spiro atoms. The van der Waals surface area contributed by atoms with Crippen LogP contribution in [0, 0.1) is 6.92 Å². The second-order valence-electron chi connectivity index (χ2n) is 5.27. The van der Waals surface area contributed by atoms with E-state index < -0.39 is 5.97 Å². The van der Waals surface area contributed by atoms with Crippen molar-refractivity contribution in [2.75, 3.05) is 0 Å². The topological polar surface area (TPSA) is 50.2 Å². The lowest BCUT2D eigenvalue weighted by molar-refractivity contribution is 0.0699. The van der Waals surface area contributed by atoms with Crippen LogP contribution < -0.4 is 0 Å². The molecule has 0 saturated heterocycles. The third-order valence-electron chi connectivity index (χ3n) is 2.60. The molecule has 0 bridgehead atoms. The molecule has 102 valence electrons. The number of aromatic nitrogens is 1. The van der Waals surface area contributed by atoms with Gasteiger partial charge in [0.05, 0.1) is 10.6 Å². The first-order chi connectivity index (χ1) is 8.70. The zero-order valence-electron chi connectivity index (χ0n) is 11.1. The summed E-state index contributed by atoms with van der Waals surface area (Å²) >= 11 is 6.35. The van der Waals surface area contributed by atoms with Crippen LogP contribution in [0.5, 0.6) is 0 Å². The zero-order valence-corrected chi connectivity index (χ0v) is 14.3. The Labute approximate surface area is 128 Å². The summed E-state index contributed by atoms with van der Waals surface area (Å²) in [7, 11) is 0. The predicted octanol–water partition coefficient (Wildman–Crippen LogP) is 4.94. The molecule has 2 rings (SSSR count). The molecule has 2 aromatic rings. The summed E-state index contributed by atoms with van der Waals surface area (Å²) in [5.41, 5.74) is 0.383. The minimum atomic E-state index is -0.902. The van der Waals surface area contributed by atoms with Crippen molar-refractivity contribution in [2.24, 2.45) is 0 Å². The minimum Gasteiger partial charge on any atom is -0.477 e. The molecule has 0 aliphatic rings. The summed E-state index contributed by atoms with van der Waals surface area (Å²) in [5, 5.41) is 10.1. The maximum absolute atomic E-state index is 11.3. The number of carboxylic acids is 1. The van der Waals surface area contributed by atoms with Gasteiger partial charge in [0.2, 0.25) is 0 Å². The van der Waals surface area contributed by atoms with Gasteiger partial charge in [-0.05, 0) is 28.9 Å². The number of nitrogens with zero attached hydrogens (tertiary/aromatic N) is 1. The van der Waals surface area contributed by atoms with Crippen molar-refractivity contribution in [3.05, 3.63) is 26.0 Å². The minimum absolute atomic E-state index is 0.272. The van der Waals surface area contributed by atoms with E-state index in [1.54, 1.807) is 11.3 Å². The van der Waals surface area contributed by atoms with Crippen LogP contribution in [0.2, 0.25) is 0 Å². The van der Waals surface area contributed by atoms with E-state index in [-0.39, 0.29) is 5.41 Å². The van der Waals surface area contributed by atoms with E-state index in [0.717, 1.165) is 14.4 Å². The van der Waals surface area contributed by atoms with Gasteiger partial charge in [-0.3, -0.25) is 0 Å². The fourth-order valence-electron chi connectivity index (χ4n) is 1.64. The lowest BCUT2D eigenvalue weighted by Crippen LogP contribution is -2.16. The quantitative estimate of drug-likeness (QED) is 0.825. The summed E-state index contributed by atoms with van der Waals surface area (Å²) in [5.74, 6) is -0.902. The Morgan fingerprint density at radius 2 is 2.00 bits per heavy atom. The largest absolute Gasteiger partial charge is 0.477 e. The fourth-order valence-corrected chi connectivity index (χ4v) is 4.34. The number of aryl methyl sites for hydroxylation is 1. The Balaban J connectivity index is 2.58. The summed E-state index contributed by atoms with van der Waals surface area (Å²) in [6.07, 6.45) is 0. The number of thiophene rings is 1. The molecule has 0 saturated carbocycles. The Kier molecular flexibility index (Phi) is 3.86. The van der Waals surface area contributed by atoms with Crippen LogP contribution in [-0.2, 0) is 5.41 Å². The molecule has 3 nitrogen and oxygen atoms in total. The van der Waals surface area contributed by atoms with Gasteiger partial charge in [0, 0.05) is 14.8 Å². The molecule has 0 radical (unpaired) electrons. The van der Waals surface area contributed by atoms with Crippen molar-refractivity contribution in [1.29, 1.82) is 0 Å². The van der Waals surface area contributed by atoms with Crippen LogP contribution in [0.1, 0.15) is 41.0 Å². The van der Waals surface area contributed by atoms with Crippen LogP contribution in [0.25, 0.3) is 9.88 Å². The number of hydrogen-bond donors (Lipinski definition) is 1. The highest BCUT2D eigenvalue weighted by atomic mass is 79.9. The normalized spacial score (nSPS) is 11.8. The maximum atomic E-state index is 11.3. The molecule has 1 N–H and O–H groups in total. The van der Waals surface area contributed by atoms with E-state index in [4.69, 9.17) is 0 Å².